The molecule has 0 radical (unpaired) electrons. The molecule has 0 bridgehead atoms. The molecule has 1 aliphatic rings. The van der Waals surface area contributed by atoms with Gasteiger partial charge in [0.25, 0.3) is 0 Å². The number of aromatic nitrogens is 1. The Morgan fingerprint density at radius 3 is 2.75 bits per heavy atom. The third kappa shape index (κ3) is 3.80. The van der Waals surface area contributed by atoms with E-state index in [0.29, 0.717) is 46.8 Å². The van der Waals surface area contributed by atoms with E-state index < -0.39 is 5.82 Å². The molecule has 0 spiro atoms. The maximum Gasteiger partial charge on any atom is 0.322 e. The lowest BCUT2D eigenvalue weighted by Gasteiger charge is -2.22. The summed E-state index contributed by atoms with van der Waals surface area (Å²) in [4.78, 5) is 19.1. The molecule has 162 valence electrons. The van der Waals surface area contributed by atoms with Gasteiger partial charge < -0.3 is 14.6 Å². The van der Waals surface area contributed by atoms with E-state index in [0.717, 1.165) is 6.42 Å². The number of urea groups is 1. The van der Waals surface area contributed by atoms with Crippen molar-refractivity contribution in [3.05, 3.63) is 83.2 Å². The Hall–Kier alpha value is -3.45. The quantitative estimate of drug-likeness (QED) is 0.371. The number of nitrogens with zero attached hydrogens (tertiary/aromatic N) is 2. The molecule has 4 aromatic rings. The normalized spacial score (nSPS) is 16.0. The van der Waals surface area contributed by atoms with Crippen LogP contribution in [0.2, 0.25) is 5.02 Å². The second-order valence-electron chi connectivity index (χ2n) is 7.62. The number of carbonyl (C=O) groups excluding carboxylic acids is 1. The number of rotatable bonds is 3. The summed E-state index contributed by atoms with van der Waals surface area (Å²) in [5.74, 6) is -0.435. The fraction of sp³-hybridized carbons (Fsp3) is 0.167. The molecule has 1 fully saturated rings. The molecular formula is C24H18ClF2N3O2. The van der Waals surface area contributed by atoms with Crippen molar-refractivity contribution in [1.29, 1.82) is 0 Å². The Kier molecular flexibility index (Phi) is 5.27. The first-order chi connectivity index (χ1) is 15.5. The first kappa shape index (κ1) is 20.5. The summed E-state index contributed by atoms with van der Waals surface area (Å²) in [5, 5.41) is 2.68. The van der Waals surface area contributed by atoms with E-state index >= 15 is 0 Å². The van der Waals surface area contributed by atoms with Gasteiger partial charge in [0, 0.05) is 17.8 Å². The van der Waals surface area contributed by atoms with Crippen LogP contribution in [0.1, 0.15) is 24.8 Å². The highest BCUT2D eigenvalue weighted by Gasteiger charge is 2.33. The smallest absolute Gasteiger partial charge is 0.322 e. The van der Waals surface area contributed by atoms with Gasteiger partial charge in [0.05, 0.1) is 5.02 Å². The number of anilines is 1. The van der Waals surface area contributed by atoms with Crippen LogP contribution in [0, 0.1) is 11.6 Å². The zero-order chi connectivity index (χ0) is 22.2. The monoisotopic (exact) mass is 453 g/mol. The largest absolute Gasteiger partial charge is 0.438 e. The Labute approximate surface area is 187 Å². The number of fused-ring (bicyclic) bond motifs is 1. The highest BCUT2D eigenvalue weighted by Crippen LogP contribution is 2.35. The first-order valence-corrected chi connectivity index (χ1v) is 10.6. The Bertz CT molecular complexity index is 1320. The van der Waals surface area contributed by atoms with Crippen molar-refractivity contribution in [2.75, 3.05) is 11.9 Å². The molecule has 0 unspecified atom stereocenters. The van der Waals surface area contributed by atoms with Crippen LogP contribution in [-0.4, -0.2) is 22.5 Å². The van der Waals surface area contributed by atoms with Gasteiger partial charge in [0.2, 0.25) is 5.89 Å². The van der Waals surface area contributed by atoms with Crippen LogP contribution in [-0.2, 0) is 0 Å². The number of nitrogens with one attached hydrogen (secondary N) is 1. The minimum absolute atomic E-state index is 0.0645. The number of hydrogen-bond acceptors (Lipinski definition) is 3. The second kappa shape index (κ2) is 8.24. The summed E-state index contributed by atoms with van der Waals surface area (Å²) < 4.78 is 33.5. The Morgan fingerprint density at radius 1 is 1.09 bits per heavy atom. The predicted molar refractivity (Wildman–Crippen MR) is 119 cm³/mol. The van der Waals surface area contributed by atoms with Crippen molar-refractivity contribution in [3.63, 3.8) is 0 Å². The van der Waals surface area contributed by atoms with E-state index in [9.17, 15) is 13.6 Å². The molecule has 0 saturated carbocycles. The topological polar surface area (TPSA) is 58.4 Å². The van der Waals surface area contributed by atoms with E-state index in [1.165, 1.54) is 24.3 Å². The molecule has 3 aromatic carbocycles. The van der Waals surface area contributed by atoms with Crippen molar-refractivity contribution in [2.45, 2.75) is 18.9 Å². The molecule has 2 heterocycles. The molecule has 5 nitrogen and oxygen atoms in total. The van der Waals surface area contributed by atoms with Gasteiger partial charge in [0.1, 0.15) is 23.2 Å². The van der Waals surface area contributed by atoms with Gasteiger partial charge >= 0.3 is 6.03 Å². The molecule has 5 rings (SSSR count). The molecular weight excluding hydrogens is 436 g/mol. The van der Waals surface area contributed by atoms with Gasteiger partial charge in [-0.2, -0.15) is 0 Å². The van der Waals surface area contributed by atoms with Crippen molar-refractivity contribution in [2.24, 2.45) is 0 Å². The minimum Gasteiger partial charge on any atom is -0.438 e. The number of oxazole rings is 1. The third-order valence-corrected chi connectivity index (χ3v) is 5.85. The average molecular weight is 454 g/mol. The fourth-order valence-corrected chi connectivity index (χ4v) is 4.17. The van der Waals surface area contributed by atoms with Gasteiger partial charge in [-0.05, 0) is 54.8 Å². The number of carbonyl (C=O) groups is 1. The van der Waals surface area contributed by atoms with Crippen molar-refractivity contribution in [1.82, 2.24) is 9.88 Å². The molecule has 0 aliphatic carbocycles. The second-order valence-corrected chi connectivity index (χ2v) is 8.03. The van der Waals surface area contributed by atoms with Crippen LogP contribution >= 0.6 is 11.6 Å². The standard InChI is InChI=1S/C24H18ClF2N3O2/c25-17-13-15(8-9-19(17)27)28-24(31)30-11-3-6-21(30)23-29-20-12-14(7-10-22(20)32-23)16-4-1-2-5-18(16)26/h1-2,4-5,7-10,12-13,21H,3,6,11H2,(H,28,31)/t21-/m1/s1. The van der Waals surface area contributed by atoms with Crippen LogP contribution < -0.4 is 5.32 Å². The molecule has 1 aromatic heterocycles. The SMILES string of the molecule is O=C(Nc1ccc(F)c(Cl)c1)N1CCC[C@@H]1c1nc2cc(-c3ccccc3F)ccc2o1. The van der Waals surface area contributed by atoms with Crippen LogP contribution in [0.5, 0.6) is 0 Å². The Morgan fingerprint density at radius 2 is 1.94 bits per heavy atom. The summed E-state index contributed by atoms with van der Waals surface area (Å²) in [6.07, 6.45) is 1.49. The van der Waals surface area contributed by atoms with Gasteiger partial charge in [-0.1, -0.05) is 35.9 Å². The molecule has 2 amide bonds. The summed E-state index contributed by atoms with van der Waals surface area (Å²) in [7, 11) is 0. The Balaban J connectivity index is 1.40. The minimum atomic E-state index is -0.551. The van der Waals surface area contributed by atoms with Gasteiger partial charge in [0.15, 0.2) is 5.58 Å². The summed E-state index contributed by atoms with van der Waals surface area (Å²) in [6, 6.07) is 15.2. The van der Waals surface area contributed by atoms with E-state index in [4.69, 9.17) is 16.0 Å². The lowest BCUT2D eigenvalue weighted by atomic mass is 10.0. The predicted octanol–water partition coefficient (Wildman–Crippen LogP) is 6.80. The fourth-order valence-electron chi connectivity index (χ4n) is 3.99. The van der Waals surface area contributed by atoms with E-state index in [1.54, 1.807) is 41.3 Å². The zero-order valence-corrected chi connectivity index (χ0v) is 17.6. The van der Waals surface area contributed by atoms with Crippen LogP contribution in [0.25, 0.3) is 22.2 Å². The van der Waals surface area contributed by atoms with E-state index in [2.05, 4.69) is 10.3 Å². The number of benzene rings is 3. The van der Waals surface area contributed by atoms with Crippen molar-refractivity contribution in [3.8, 4) is 11.1 Å². The molecule has 1 atom stereocenters. The lowest BCUT2D eigenvalue weighted by Crippen LogP contribution is -2.34. The molecule has 1 aliphatic heterocycles. The van der Waals surface area contributed by atoms with Crippen molar-refractivity contribution >= 4 is 34.4 Å². The number of likely N-dealkylation sites (tertiary alicyclic amines) is 1. The highest BCUT2D eigenvalue weighted by molar-refractivity contribution is 6.31. The van der Waals surface area contributed by atoms with Crippen molar-refractivity contribution < 1.29 is 18.0 Å². The van der Waals surface area contributed by atoms with Gasteiger partial charge in [-0.15, -0.1) is 0 Å². The first-order valence-electron chi connectivity index (χ1n) is 10.2. The number of halogens is 3. The highest BCUT2D eigenvalue weighted by atomic mass is 35.5. The van der Waals surface area contributed by atoms with Gasteiger partial charge in [-0.25, -0.2) is 18.6 Å². The molecule has 1 N–H and O–H groups in total. The average Bonchev–Trinajstić information content (AvgIpc) is 3.43. The summed E-state index contributed by atoms with van der Waals surface area (Å²) in [5.41, 5.74) is 2.75. The van der Waals surface area contributed by atoms with E-state index in [-0.39, 0.29) is 22.9 Å². The lowest BCUT2D eigenvalue weighted by molar-refractivity contribution is 0.199. The van der Waals surface area contributed by atoms with Crippen LogP contribution in [0.4, 0.5) is 19.3 Å². The number of hydrogen-bond donors (Lipinski definition) is 1. The number of amides is 2. The maximum absolute atomic E-state index is 14.2. The third-order valence-electron chi connectivity index (χ3n) is 5.56. The van der Waals surface area contributed by atoms with Gasteiger partial charge in [-0.3, -0.25) is 0 Å². The molecule has 1 saturated heterocycles. The van der Waals surface area contributed by atoms with Crippen LogP contribution in [0.3, 0.4) is 0 Å². The summed E-state index contributed by atoms with van der Waals surface area (Å²) in [6.45, 7) is 0.532. The summed E-state index contributed by atoms with van der Waals surface area (Å²) >= 11 is 5.81. The molecule has 8 heteroatoms. The molecule has 32 heavy (non-hydrogen) atoms. The maximum atomic E-state index is 14.2. The van der Waals surface area contributed by atoms with E-state index in [1.807, 2.05) is 0 Å². The zero-order valence-electron chi connectivity index (χ0n) is 16.8. The van der Waals surface area contributed by atoms with Crippen LogP contribution in [0.15, 0.2) is 65.1 Å².